The van der Waals surface area contributed by atoms with E-state index in [2.05, 4.69) is 17.1 Å². The largest absolute Gasteiger partial charge is 2.00 e. The van der Waals surface area contributed by atoms with E-state index in [4.69, 9.17) is 4.74 Å². The minimum Gasteiger partial charge on any atom is -0.498 e. The summed E-state index contributed by atoms with van der Waals surface area (Å²) in [6, 6.07) is 20.1. The molecule has 0 bridgehead atoms. The van der Waals surface area contributed by atoms with Crippen LogP contribution in [0.3, 0.4) is 0 Å². The minimum absolute atomic E-state index is 0. The first kappa shape index (κ1) is 16.7. The van der Waals surface area contributed by atoms with Crippen LogP contribution in [-0.2, 0) is 23.7 Å². The summed E-state index contributed by atoms with van der Waals surface area (Å²) in [5.74, 6) is 0.929. The summed E-state index contributed by atoms with van der Waals surface area (Å²) in [5.41, 5.74) is 1.21. The molecule has 0 unspecified atom stereocenters. The van der Waals surface area contributed by atoms with E-state index in [1.54, 1.807) is 11.8 Å². The zero-order chi connectivity index (χ0) is 13.3. The fraction of sp³-hybridized carbons (Fsp3) is 0.125. The Bertz CT molecular complexity index is 526. The number of hydrogen-bond acceptors (Lipinski definition) is 2. The van der Waals surface area contributed by atoms with E-state index >= 15 is 0 Å². The summed E-state index contributed by atoms with van der Waals surface area (Å²) >= 11 is 1.66. The second kappa shape index (κ2) is 9.54. The number of aromatic nitrogens is 1. The third-order valence-electron chi connectivity index (χ3n) is 2.56. The fourth-order valence-electron chi connectivity index (χ4n) is 1.60. The van der Waals surface area contributed by atoms with Crippen LogP contribution in [0.4, 0.5) is 0 Å². The van der Waals surface area contributed by atoms with Crippen molar-refractivity contribution in [2.45, 2.75) is 11.6 Å². The average molecular weight is 327 g/mol. The maximum absolute atomic E-state index is 5.66. The molecule has 3 rings (SSSR count). The van der Waals surface area contributed by atoms with Gasteiger partial charge in [0.2, 0.25) is 0 Å². The number of nitrogens with one attached hydrogen (secondary N) is 1. The van der Waals surface area contributed by atoms with E-state index in [9.17, 15) is 0 Å². The Morgan fingerprint density at radius 2 is 1.90 bits per heavy atom. The van der Waals surface area contributed by atoms with Crippen LogP contribution >= 0.6 is 11.8 Å². The van der Waals surface area contributed by atoms with Gasteiger partial charge in [0.05, 0.1) is 6.61 Å². The molecule has 0 saturated heterocycles. The quantitative estimate of drug-likeness (QED) is 0.435. The van der Waals surface area contributed by atoms with Gasteiger partial charge >= 0.3 is 17.1 Å². The summed E-state index contributed by atoms with van der Waals surface area (Å²) in [7, 11) is 0. The van der Waals surface area contributed by atoms with Crippen molar-refractivity contribution in [3.63, 3.8) is 0 Å². The van der Waals surface area contributed by atoms with Crippen LogP contribution < -0.4 is 4.74 Å². The molecule has 20 heavy (non-hydrogen) atoms. The maximum Gasteiger partial charge on any atom is 2.00 e. The Balaban J connectivity index is 0.000000283. The van der Waals surface area contributed by atoms with Crippen molar-refractivity contribution in [3.8, 4) is 5.75 Å². The molecule has 1 aromatic heterocycles. The predicted octanol–water partition coefficient (Wildman–Crippen LogP) is 4.44. The minimum atomic E-state index is 0. The summed E-state index contributed by atoms with van der Waals surface area (Å²) in [4.78, 5) is 3.12. The predicted molar refractivity (Wildman–Crippen MR) is 81.0 cm³/mol. The molecular weight excluding hydrogens is 310 g/mol. The van der Waals surface area contributed by atoms with Gasteiger partial charge in [-0.05, 0) is 12.3 Å². The first-order valence-corrected chi connectivity index (χ1v) is 7.34. The van der Waals surface area contributed by atoms with E-state index in [0.717, 1.165) is 10.8 Å². The first-order chi connectivity index (χ1) is 9.40. The normalized spacial score (nSPS) is 9.25. The molecule has 106 valence electrons. The molecule has 0 spiro atoms. The summed E-state index contributed by atoms with van der Waals surface area (Å²) in [6.07, 6.45) is 3.92. The maximum atomic E-state index is 5.66. The van der Waals surface area contributed by atoms with Gasteiger partial charge in [-0.15, -0.1) is 17.3 Å². The van der Waals surface area contributed by atoms with Crippen LogP contribution in [0.15, 0.2) is 71.9 Å². The molecule has 0 saturated carbocycles. The SMILES string of the molecule is CSc1[nH]ccc1OC[c-]1cccc1.[Fe+2].c1cc[cH-]c1. The molecule has 1 heterocycles. The molecule has 0 radical (unpaired) electrons. The molecule has 0 aliphatic heterocycles. The molecule has 3 aromatic rings. The van der Waals surface area contributed by atoms with Crippen LogP contribution in [0.25, 0.3) is 0 Å². The number of aromatic amines is 1. The third-order valence-corrected chi connectivity index (χ3v) is 3.29. The summed E-state index contributed by atoms with van der Waals surface area (Å²) in [5, 5.41) is 1.08. The number of hydrogen-bond donors (Lipinski definition) is 1. The van der Waals surface area contributed by atoms with Gasteiger partial charge in [0, 0.05) is 6.20 Å². The van der Waals surface area contributed by atoms with Gasteiger partial charge < -0.3 is 9.72 Å². The first-order valence-electron chi connectivity index (χ1n) is 6.11. The number of thioether (sulfide) groups is 1. The fourth-order valence-corrected chi connectivity index (χ4v) is 2.12. The molecule has 4 heteroatoms. The number of H-pyrrole nitrogens is 1. The molecule has 0 aliphatic carbocycles. The van der Waals surface area contributed by atoms with Crippen LogP contribution in [0.2, 0.25) is 0 Å². The Morgan fingerprint density at radius 3 is 2.45 bits per heavy atom. The molecule has 0 fully saturated rings. The smallest absolute Gasteiger partial charge is 0.498 e. The van der Waals surface area contributed by atoms with Crippen molar-refractivity contribution in [1.29, 1.82) is 0 Å². The monoisotopic (exact) mass is 327 g/mol. The van der Waals surface area contributed by atoms with Crippen LogP contribution in [0.1, 0.15) is 5.56 Å². The van der Waals surface area contributed by atoms with E-state index in [1.807, 2.05) is 61.0 Å². The molecule has 0 atom stereocenters. The van der Waals surface area contributed by atoms with Crippen molar-refractivity contribution < 1.29 is 21.8 Å². The van der Waals surface area contributed by atoms with E-state index in [1.165, 1.54) is 5.56 Å². The average Bonchev–Trinajstić information content (AvgIpc) is 3.18. The van der Waals surface area contributed by atoms with Crippen molar-refractivity contribution >= 4 is 11.8 Å². The standard InChI is InChI=1S/C11H12NOS.C5H5.Fe/c1-14-11-10(6-7-12-11)13-8-9-4-2-3-5-9;1-2-4-5-3-1;/h2-7,12H,8H2,1H3;1-5H;/q2*-1;+2. The zero-order valence-electron chi connectivity index (χ0n) is 11.2. The zero-order valence-corrected chi connectivity index (χ0v) is 13.1. The van der Waals surface area contributed by atoms with Gasteiger partial charge in [0.1, 0.15) is 10.8 Å². The molecule has 1 N–H and O–H groups in total. The van der Waals surface area contributed by atoms with Crippen molar-refractivity contribution in [1.82, 2.24) is 4.98 Å². The molecule has 2 nitrogen and oxygen atoms in total. The Morgan fingerprint density at radius 1 is 1.20 bits per heavy atom. The van der Waals surface area contributed by atoms with E-state index in [-0.39, 0.29) is 17.1 Å². The van der Waals surface area contributed by atoms with Gasteiger partial charge in [-0.25, -0.2) is 24.3 Å². The van der Waals surface area contributed by atoms with E-state index in [0.29, 0.717) is 6.61 Å². The van der Waals surface area contributed by atoms with Gasteiger partial charge in [-0.3, -0.25) is 0 Å². The van der Waals surface area contributed by atoms with Crippen LogP contribution in [0.5, 0.6) is 5.75 Å². The Hall–Kier alpha value is -1.35. The van der Waals surface area contributed by atoms with Crippen molar-refractivity contribution in [2.75, 3.05) is 6.26 Å². The Kier molecular flexibility index (Phi) is 7.96. The molecule has 0 aliphatic rings. The molecule has 0 amide bonds. The van der Waals surface area contributed by atoms with Crippen molar-refractivity contribution in [2.24, 2.45) is 0 Å². The number of ether oxygens (including phenoxy) is 1. The van der Waals surface area contributed by atoms with Crippen molar-refractivity contribution in [3.05, 3.63) is 72.4 Å². The summed E-state index contributed by atoms with van der Waals surface area (Å²) in [6.45, 7) is 0.637. The third kappa shape index (κ3) is 5.33. The number of rotatable bonds is 4. The second-order valence-corrected chi connectivity index (χ2v) is 4.74. The summed E-state index contributed by atoms with van der Waals surface area (Å²) < 4.78 is 5.66. The Labute approximate surface area is 134 Å². The molecular formula is C16H17FeNOS. The van der Waals surface area contributed by atoms with Gasteiger partial charge in [0.15, 0.2) is 0 Å². The van der Waals surface area contributed by atoms with Gasteiger partial charge in [0.25, 0.3) is 0 Å². The molecule has 2 aromatic carbocycles. The van der Waals surface area contributed by atoms with Gasteiger partial charge in [-0.1, -0.05) is 0 Å². The van der Waals surface area contributed by atoms with Crippen LogP contribution in [-0.4, -0.2) is 11.2 Å². The van der Waals surface area contributed by atoms with Gasteiger partial charge in [-0.2, -0.15) is 30.3 Å². The van der Waals surface area contributed by atoms with Crippen LogP contribution in [0, 0.1) is 0 Å². The van der Waals surface area contributed by atoms with E-state index < -0.39 is 0 Å². The second-order valence-electron chi connectivity index (χ2n) is 3.92. The topological polar surface area (TPSA) is 25.0 Å².